The van der Waals surface area contributed by atoms with E-state index in [9.17, 15) is 4.79 Å². The molecule has 17 heavy (non-hydrogen) atoms. The minimum Gasteiger partial charge on any atom is -1.00 e. The first kappa shape index (κ1) is 15.9. The quantitative estimate of drug-likeness (QED) is 0.403. The lowest BCUT2D eigenvalue weighted by Crippen LogP contribution is -3.00. The minimum absolute atomic E-state index is 0. The molecule has 3 nitrogen and oxygen atoms in total. The number of quaternary nitrogens is 1. The molecule has 0 radical (unpaired) electrons. The van der Waals surface area contributed by atoms with E-state index in [0.29, 0.717) is 5.76 Å². The molecule has 0 saturated carbocycles. The van der Waals surface area contributed by atoms with Gasteiger partial charge in [0.2, 0.25) is 5.78 Å². The Morgan fingerprint density at radius 2 is 1.88 bits per heavy atom. The summed E-state index contributed by atoms with van der Waals surface area (Å²) in [7, 11) is 0. The van der Waals surface area contributed by atoms with Gasteiger partial charge in [0.15, 0.2) is 5.76 Å². The van der Waals surface area contributed by atoms with Crippen molar-refractivity contribution < 1.29 is 26.1 Å². The van der Waals surface area contributed by atoms with Gasteiger partial charge in [-0.1, -0.05) is 0 Å². The average molecular weight is 258 g/mol. The molecule has 0 aliphatic heterocycles. The predicted octanol–water partition coefficient (Wildman–Crippen LogP) is -0.143. The fourth-order valence-electron chi connectivity index (χ4n) is 1.71. The Hall–Kier alpha value is -1.06. The molecule has 1 heterocycles. The Bertz CT molecular complexity index is 345. The van der Waals surface area contributed by atoms with Crippen LogP contribution < -0.4 is 12.4 Å². The molecule has 0 aromatic carbocycles. The Labute approximate surface area is 109 Å². The highest BCUT2D eigenvalue weighted by Gasteiger charge is 2.18. The number of carbonyl (C=O) groups excluding carboxylic acids is 1. The first-order chi connectivity index (χ1) is 7.67. The van der Waals surface area contributed by atoms with Gasteiger partial charge in [-0.2, -0.15) is 0 Å². The molecule has 1 aromatic heterocycles. The Morgan fingerprint density at radius 1 is 1.29 bits per heavy atom. The van der Waals surface area contributed by atoms with E-state index in [4.69, 9.17) is 4.42 Å². The zero-order chi connectivity index (χ0) is 12.0. The van der Waals surface area contributed by atoms with Crippen LogP contribution in [0.1, 0.15) is 31.3 Å². The van der Waals surface area contributed by atoms with Gasteiger partial charge in [0.05, 0.1) is 32.1 Å². The van der Waals surface area contributed by atoms with Crippen LogP contribution in [0.15, 0.2) is 35.1 Å². The third kappa shape index (κ3) is 4.02. The highest BCUT2D eigenvalue weighted by atomic mass is 35.5. The second-order valence-electron chi connectivity index (χ2n) is 3.82. The van der Waals surface area contributed by atoms with E-state index in [0.717, 1.165) is 24.1 Å². The molecule has 0 aliphatic rings. The van der Waals surface area contributed by atoms with Crippen molar-refractivity contribution in [2.45, 2.75) is 20.8 Å². The van der Waals surface area contributed by atoms with Gasteiger partial charge >= 0.3 is 0 Å². The summed E-state index contributed by atoms with van der Waals surface area (Å²) in [4.78, 5) is 11.7. The van der Waals surface area contributed by atoms with Crippen LogP contribution in [0.25, 0.3) is 0 Å². The fraction of sp³-hybridized carbons (Fsp3) is 0.462. The maximum absolute atomic E-state index is 11.7. The summed E-state index contributed by atoms with van der Waals surface area (Å²) < 4.78 is 5.88. The van der Waals surface area contributed by atoms with E-state index in [1.165, 1.54) is 6.26 Å². The Balaban J connectivity index is 0.00000256. The van der Waals surface area contributed by atoms with Crippen LogP contribution in [0, 0.1) is 0 Å². The van der Waals surface area contributed by atoms with Gasteiger partial charge in [-0.15, -0.1) is 0 Å². The van der Waals surface area contributed by atoms with Crippen LogP contribution in [0.3, 0.4) is 0 Å². The van der Waals surface area contributed by atoms with Gasteiger partial charge in [0.25, 0.3) is 0 Å². The molecule has 96 valence electrons. The molecule has 4 heteroatoms. The number of rotatable bonds is 6. The molecular weight excluding hydrogens is 238 g/mol. The van der Waals surface area contributed by atoms with Crippen molar-refractivity contribution in [1.29, 1.82) is 0 Å². The van der Waals surface area contributed by atoms with Crippen LogP contribution in [0.5, 0.6) is 0 Å². The van der Waals surface area contributed by atoms with E-state index in [2.05, 4.69) is 20.8 Å². The highest BCUT2D eigenvalue weighted by molar-refractivity contribution is 6.02. The van der Waals surface area contributed by atoms with Crippen molar-refractivity contribution in [3.63, 3.8) is 0 Å². The van der Waals surface area contributed by atoms with Crippen molar-refractivity contribution in [1.82, 2.24) is 0 Å². The summed E-state index contributed by atoms with van der Waals surface area (Å²) >= 11 is 0. The van der Waals surface area contributed by atoms with E-state index in [1.807, 2.05) is 6.20 Å². The number of allylic oxidation sites excluding steroid dienone is 1. The molecule has 0 aliphatic carbocycles. The minimum atomic E-state index is -0.0668. The first-order valence-corrected chi connectivity index (χ1v) is 5.80. The van der Waals surface area contributed by atoms with E-state index < -0.39 is 0 Å². The summed E-state index contributed by atoms with van der Waals surface area (Å²) in [6, 6.07) is 3.41. The summed E-state index contributed by atoms with van der Waals surface area (Å²) in [5.74, 6) is 0.334. The van der Waals surface area contributed by atoms with Gasteiger partial charge < -0.3 is 16.8 Å². The predicted molar refractivity (Wildman–Crippen MR) is 64.1 cm³/mol. The van der Waals surface area contributed by atoms with Crippen molar-refractivity contribution in [3.8, 4) is 0 Å². The van der Waals surface area contributed by atoms with Gasteiger partial charge in [-0.25, -0.2) is 0 Å². The molecule has 0 unspecified atom stereocenters. The summed E-state index contributed by atoms with van der Waals surface area (Å²) in [6.45, 7) is 9.39. The number of furan rings is 1. The molecule has 1 rings (SSSR count). The molecule has 0 atom stereocenters. The SMILES string of the molecule is CC[N+](C=CC(=O)c1ccco1)(CC)CC.[Cl-]. The number of hydrogen-bond acceptors (Lipinski definition) is 2. The first-order valence-electron chi connectivity index (χ1n) is 5.80. The number of halogens is 1. The molecule has 0 fully saturated rings. The molecule has 0 saturated heterocycles. The maximum Gasteiger partial charge on any atom is 0.226 e. The van der Waals surface area contributed by atoms with Crippen LogP contribution in [0.4, 0.5) is 0 Å². The fourth-order valence-corrected chi connectivity index (χ4v) is 1.71. The smallest absolute Gasteiger partial charge is 0.226 e. The van der Waals surface area contributed by atoms with E-state index >= 15 is 0 Å². The summed E-state index contributed by atoms with van der Waals surface area (Å²) in [5.41, 5.74) is 0. The third-order valence-electron chi connectivity index (χ3n) is 3.20. The summed E-state index contributed by atoms with van der Waals surface area (Å²) in [6.07, 6.45) is 5.11. The molecule has 0 amide bonds. The second kappa shape index (κ2) is 7.30. The lowest BCUT2D eigenvalue weighted by molar-refractivity contribution is -0.874. The van der Waals surface area contributed by atoms with Crippen LogP contribution in [-0.4, -0.2) is 29.9 Å². The molecule has 0 N–H and O–H groups in total. The number of hydrogen-bond donors (Lipinski definition) is 0. The van der Waals surface area contributed by atoms with Crippen LogP contribution >= 0.6 is 0 Å². The standard InChI is InChI=1S/C13H20NO2.ClH/c1-4-14(5-2,6-3)10-9-12(15)13-8-7-11-16-13;/h7-11H,4-6H2,1-3H3;1H/q+1;/p-1. The number of ketones is 1. The monoisotopic (exact) mass is 257 g/mol. The van der Waals surface area contributed by atoms with Gasteiger partial charge in [0.1, 0.15) is 0 Å². The van der Waals surface area contributed by atoms with Crippen LogP contribution in [0.2, 0.25) is 0 Å². The zero-order valence-corrected chi connectivity index (χ0v) is 11.4. The third-order valence-corrected chi connectivity index (χ3v) is 3.20. The van der Waals surface area contributed by atoms with Gasteiger partial charge in [-0.3, -0.25) is 9.28 Å². The normalized spacial score (nSPS) is 11.5. The Kier molecular flexibility index (Phi) is 6.85. The molecule has 0 bridgehead atoms. The topological polar surface area (TPSA) is 30.2 Å². The van der Waals surface area contributed by atoms with Gasteiger partial charge in [0, 0.05) is 6.08 Å². The van der Waals surface area contributed by atoms with E-state index in [-0.39, 0.29) is 18.2 Å². The van der Waals surface area contributed by atoms with Crippen molar-refractivity contribution >= 4 is 5.78 Å². The molecule has 0 spiro atoms. The zero-order valence-electron chi connectivity index (χ0n) is 10.6. The Morgan fingerprint density at radius 3 is 2.29 bits per heavy atom. The number of nitrogens with zero attached hydrogens (tertiary/aromatic N) is 1. The second-order valence-corrected chi connectivity index (χ2v) is 3.82. The largest absolute Gasteiger partial charge is 1.00 e. The summed E-state index contributed by atoms with van der Waals surface area (Å²) in [5, 5.41) is 0. The average Bonchev–Trinajstić information content (AvgIpc) is 2.85. The molecule has 1 aromatic rings. The lowest BCUT2D eigenvalue weighted by Gasteiger charge is -2.31. The lowest BCUT2D eigenvalue weighted by atomic mass is 10.3. The maximum atomic E-state index is 11.7. The van der Waals surface area contributed by atoms with Crippen molar-refractivity contribution in [2.75, 3.05) is 19.6 Å². The molecular formula is C13H20ClNO2. The van der Waals surface area contributed by atoms with Gasteiger partial charge in [-0.05, 0) is 32.9 Å². The van der Waals surface area contributed by atoms with Crippen molar-refractivity contribution in [2.24, 2.45) is 0 Å². The highest BCUT2D eigenvalue weighted by Crippen LogP contribution is 2.09. The van der Waals surface area contributed by atoms with Crippen molar-refractivity contribution in [3.05, 3.63) is 36.4 Å². The van der Waals surface area contributed by atoms with Crippen LogP contribution in [-0.2, 0) is 0 Å². The number of carbonyl (C=O) groups is 1. The van der Waals surface area contributed by atoms with E-state index in [1.54, 1.807) is 18.2 Å².